The van der Waals surface area contributed by atoms with Crippen LogP contribution in [0.25, 0.3) is 0 Å². The summed E-state index contributed by atoms with van der Waals surface area (Å²) in [5.74, 6) is 0.738. The lowest BCUT2D eigenvalue weighted by molar-refractivity contribution is -0.0266. The van der Waals surface area contributed by atoms with Crippen molar-refractivity contribution < 1.29 is 9.84 Å². The number of aliphatic hydroxyl groups is 1. The van der Waals surface area contributed by atoms with E-state index in [1.54, 1.807) is 6.92 Å². The van der Waals surface area contributed by atoms with Crippen molar-refractivity contribution in [3.8, 4) is 5.75 Å². The van der Waals surface area contributed by atoms with E-state index in [1.165, 1.54) is 0 Å². The van der Waals surface area contributed by atoms with E-state index in [2.05, 4.69) is 12.2 Å². The molecule has 1 rings (SSSR count). The van der Waals surface area contributed by atoms with Crippen molar-refractivity contribution in [2.24, 2.45) is 5.92 Å². The van der Waals surface area contributed by atoms with E-state index in [0.717, 1.165) is 18.7 Å². The number of halogens is 1. The van der Waals surface area contributed by atoms with Crippen LogP contribution < -0.4 is 10.1 Å². The first-order chi connectivity index (χ1) is 8.86. The van der Waals surface area contributed by atoms with Gasteiger partial charge in [-0.3, -0.25) is 0 Å². The molecule has 0 saturated heterocycles. The van der Waals surface area contributed by atoms with Gasteiger partial charge in [-0.1, -0.05) is 38.4 Å². The summed E-state index contributed by atoms with van der Waals surface area (Å²) in [4.78, 5) is 0. The standard InChI is InChI=1S/C15H24ClNO2/c1-5-17-9-12-6-7-14(13(16)8-12)19-10-15(4,18)11(2)3/h6-8,11,17-18H,5,9-10H2,1-4H3. The number of rotatable bonds is 7. The van der Waals surface area contributed by atoms with Crippen LogP contribution in [0.2, 0.25) is 5.02 Å². The van der Waals surface area contributed by atoms with Gasteiger partial charge in [0.1, 0.15) is 12.4 Å². The Morgan fingerprint density at radius 2 is 2.11 bits per heavy atom. The third kappa shape index (κ3) is 5.01. The summed E-state index contributed by atoms with van der Waals surface area (Å²) in [6.45, 7) is 9.71. The van der Waals surface area contributed by atoms with Gasteiger partial charge < -0.3 is 15.2 Å². The van der Waals surface area contributed by atoms with Gasteiger partial charge in [-0.2, -0.15) is 0 Å². The number of hydrogen-bond donors (Lipinski definition) is 2. The second kappa shape index (κ2) is 7.13. The molecule has 0 aromatic heterocycles. The van der Waals surface area contributed by atoms with Gasteiger partial charge in [0.15, 0.2) is 0 Å². The molecular formula is C15H24ClNO2. The Morgan fingerprint density at radius 3 is 2.63 bits per heavy atom. The molecule has 3 nitrogen and oxygen atoms in total. The molecular weight excluding hydrogens is 262 g/mol. The fraction of sp³-hybridized carbons (Fsp3) is 0.600. The lowest BCUT2D eigenvalue weighted by atomic mass is 9.94. The summed E-state index contributed by atoms with van der Waals surface area (Å²) in [6, 6.07) is 5.73. The van der Waals surface area contributed by atoms with E-state index >= 15 is 0 Å². The van der Waals surface area contributed by atoms with Crippen molar-refractivity contribution in [1.29, 1.82) is 0 Å². The van der Waals surface area contributed by atoms with Crippen molar-refractivity contribution in [1.82, 2.24) is 5.32 Å². The Bertz CT molecular complexity index is 405. The van der Waals surface area contributed by atoms with Crippen LogP contribution in [0.15, 0.2) is 18.2 Å². The molecule has 0 amide bonds. The molecule has 0 aliphatic carbocycles. The Kier molecular flexibility index (Phi) is 6.11. The molecule has 19 heavy (non-hydrogen) atoms. The molecule has 1 atom stereocenters. The number of ether oxygens (including phenoxy) is 1. The zero-order valence-corrected chi connectivity index (χ0v) is 12.9. The van der Waals surface area contributed by atoms with Gasteiger partial charge in [0.05, 0.1) is 10.6 Å². The minimum absolute atomic E-state index is 0.124. The monoisotopic (exact) mass is 285 g/mol. The van der Waals surface area contributed by atoms with Crippen LogP contribution in [-0.4, -0.2) is 23.9 Å². The van der Waals surface area contributed by atoms with Gasteiger partial charge in [-0.15, -0.1) is 0 Å². The van der Waals surface area contributed by atoms with Crippen molar-refractivity contribution in [2.45, 2.75) is 39.8 Å². The molecule has 108 valence electrons. The quantitative estimate of drug-likeness (QED) is 0.808. The number of hydrogen-bond acceptors (Lipinski definition) is 3. The van der Waals surface area contributed by atoms with Gasteiger partial charge in [-0.25, -0.2) is 0 Å². The maximum atomic E-state index is 10.1. The van der Waals surface area contributed by atoms with Crippen molar-refractivity contribution in [3.05, 3.63) is 28.8 Å². The highest BCUT2D eigenvalue weighted by Crippen LogP contribution is 2.27. The van der Waals surface area contributed by atoms with Crippen molar-refractivity contribution in [2.75, 3.05) is 13.2 Å². The number of nitrogens with one attached hydrogen (secondary N) is 1. The summed E-state index contributed by atoms with van der Waals surface area (Å²) in [5, 5.41) is 14.0. The predicted molar refractivity (Wildman–Crippen MR) is 79.8 cm³/mol. The average molecular weight is 286 g/mol. The lowest BCUT2D eigenvalue weighted by Gasteiger charge is -2.27. The first kappa shape index (κ1) is 16.3. The first-order valence-corrected chi connectivity index (χ1v) is 7.09. The summed E-state index contributed by atoms with van der Waals surface area (Å²) in [7, 11) is 0. The second-order valence-corrected chi connectivity index (χ2v) is 5.75. The molecule has 1 aromatic carbocycles. The van der Waals surface area contributed by atoms with E-state index in [0.29, 0.717) is 10.8 Å². The molecule has 0 radical (unpaired) electrons. The topological polar surface area (TPSA) is 41.5 Å². The Labute approximate surface area is 120 Å². The van der Waals surface area contributed by atoms with Crippen LogP contribution in [0.3, 0.4) is 0 Å². The molecule has 0 heterocycles. The van der Waals surface area contributed by atoms with Crippen LogP contribution in [0, 0.1) is 5.92 Å². The molecule has 0 saturated carbocycles. The Balaban J connectivity index is 2.65. The number of benzene rings is 1. The predicted octanol–water partition coefficient (Wildman–Crippen LogP) is 3.24. The van der Waals surface area contributed by atoms with E-state index < -0.39 is 5.60 Å². The minimum Gasteiger partial charge on any atom is -0.489 e. The summed E-state index contributed by atoms with van der Waals surface area (Å²) >= 11 is 6.18. The first-order valence-electron chi connectivity index (χ1n) is 6.71. The van der Waals surface area contributed by atoms with Crippen molar-refractivity contribution >= 4 is 11.6 Å². The lowest BCUT2D eigenvalue weighted by Crippen LogP contribution is -2.37. The maximum Gasteiger partial charge on any atom is 0.138 e. The van der Waals surface area contributed by atoms with Gasteiger partial charge in [0.2, 0.25) is 0 Å². The fourth-order valence-electron chi connectivity index (χ4n) is 1.43. The smallest absolute Gasteiger partial charge is 0.138 e. The Morgan fingerprint density at radius 1 is 1.42 bits per heavy atom. The van der Waals surface area contributed by atoms with Gasteiger partial charge >= 0.3 is 0 Å². The van der Waals surface area contributed by atoms with Crippen LogP contribution in [0.1, 0.15) is 33.3 Å². The highest BCUT2D eigenvalue weighted by Gasteiger charge is 2.26. The summed E-state index contributed by atoms with van der Waals surface area (Å²) in [5.41, 5.74) is 0.265. The summed E-state index contributed by atoms with van der Waals surface area (Å²) < 4.78 is 5.62. The minimum atomic E-state index is -0.855. The van der Waals surface area contributed by atoms with Crippen LogP contribution >= 0.6 is 11.6 Å². The van der Waals surface area contributed by atoms with Crippen molar-refractivity contribution in [3.63, 3.8) is 0 Å². The largest absolute Gasteiger partial charge is 0.489 e. The molecule has 1 aromatic rings. The maximum absolute atomic E-state index is 10.1. The molecule has 0 aliphatic rings. The summed E-state index contributed by atoms with van der Waals surface area (Å²) in [6.07, 6.45) is 0. The van der Waals surface area contributed by atoms with E-state index in [9.17, 15) is 5.11 Å². The molecule has 2 N–H and O–H groups in total. The zero-order chi connectivity index (χ0) is 14.5. The van der Waals surface area contributed by atoms with Crippen LogP contribution in [-0.2, 0) is 6.54 Å². The highest BCUT2D eigenvalue weighted by molar-refractivity contribution is 6.32. The van der Waals surface area contributed by atoms with Crippen LogP contribution in [0.4, 0.5) is 0 Å². The third-order valence-electron chi connectivity index (χ3n) is 3.34. The molecule has 1 unspecified atom stereocenters. The normalized spacial score (nSPS) is 14.5. The van der Waals surface area contributed by atoms with E-state index in [-0.39, 0.29) is 12.5 Å². The highest BCUT2D eigenvalue weighted by atomic mass is 35.5. The fourth-order valence-corrected chi connectivity index (χ4v) is 1.69. The van der Waals surface area contributed by atoms with Gasteiger partial charge in [-0.05, 0) is 37.1 Å². The third-order valence-corrected chi connectivity index (χ3v) is 3.63. The van der Waals surface area contributed by atoms with E-state index in [4.69, 9.17) is 16.3 Å². The van der Waals surface area contributed by atoms with Crippen LogP contribution in [0.5, 0.6) is 5.75 Å². The zero-order valence-electron chi connectivity index (χ0n) is 12.2. The van der Waals surface area contributed by atoms with E-state index in [1.807, 2.05) is 32.0 Å². The van der Waals surface area contributed by atoms with Gasteiger partial charge in [0.25, 0.3) is 0 Å². The molecule has 4 heteroatoms. The second-order valence-electron chi connectivity index (χ2n) is 5.35. The SMILES string of the molecule is CCNCc1ccc(OCC(C)(O)C(C)C)c(Cl)c1. The van der Waals surface area contributed by atoms with Gasteiger partial charge in [0, 0.05) is 6.54 Å². The molecule has 0 fully saturated rings. The molecule has 0 spiro atoms. The molecule has 0 aliphatic heterocycles. The average Bonchev–Trinajstić information content (AvgIpc) is 2.35. The Hall–Kier alpha value is -0.770. The molecule has 0 bridgehead atoms.